The molecule has 2 amide bonds. The van der Waals surface area contributed by atoms with Gasteiger partial charge in [-0.05, 0) is 30.5 Å². The fourth-order valence-electron chi connectivity index (χ4n) is 3.45. The van der Waals surface area contributed by atoms with Crippen molar-refractivity contribution >= 4 is 21.7 Å². The summed E-state index contributed by atoms with van der Waals surface area (Å²) in [6, 6.07) is 6.67. The highest BCUT2D eigenvalue weighted by Gasteiger charge is 2.47. The molecule has 6 nitrogen and oxygen atoms in total. The highest BCUT2D eigenvalue weighted by atomic mass is 32.2. The first-order chi connectivity index (χ1) is 11.3. The van der Waals surface area contributed by atoms with Crippen LogP contribution in [0.1, 0.15) is 31.2 Å². The minimum Gasteiger partial charge on any atom is -0.354 e. The van der Waals surface area contributed by atoms with E-state index in [0.29, 0.717) is 26.1 Å². The van der Waals surface area contributed by atoms with Gasteiger partial charge in [-0.1, -0.05) is 18.6 Å². The molecule has 1 aliphatic carbocycles. The van der Waals surface area contributed by atoms with E-state index in [1.807, 2.05) is 0 Å². The third kappa shape index (κ3) is 3.05. The van der Waals surface area contributed by atoms with Gasteiger partial charge in [0, 0.05) is 32.3 Å². The molecular formula is C17H22N2O4S. The highest BCUT2D eigenvalue weighted by Crippen LogP contribution is 2.45. The van der Waals surface area contributed by atoms with Crippen LogP contribution in [0, 0.1) is 0 Å². The van der Waals surface area contributed by atoms with Gasteiger partial charge in [-0.3, -0.25) is 9.59 Å². The Morgan fingerprint density at radius 2 is 1.83 bits per heavy atom. The Bertz CT molecular complexity index is 751. The SMILES string of the molecule is CS(=O)(=O)c1ccc(C2(C(=O)N3CCNC(=O)CC3)CCC2)cc1. The molecule has 1 saturated heterocycles. The second-order valence-corrected chi connectivity index (χ2v) is 8.64. The average Bonchev–Trinajstić information content (AvgIpc) is 2.70. The first kappa shape index (κ1) is 17.0. The number of benzene rings is 1. The Balaban J connectivity index is 1.86. The third-order valence-corrected chi connectivity index (χ3v) is 6.18. The summed E-state index contributed by atoms with van der Waals surface area (Å²) in [5.41, 5.74) is 0.304. The molecule has 2 aliphatic rings. The maximum Gasteiger partial charge on any atom is 0.233 e. The summed E-state index contributed by atoms with van der Waals surface area (Å²) in [6.07, 6.45) is 4.01. The van der Waals surface area contributed by atoms with Gasteiger partial charge >= 0.3 is 0 Å². The average molecular weight is 350 g/mol. The Morgan fingerprint density at radius 1 is 1.17 bits per heavy atom. The van der Waals surface area contributed by atoms with Crippen LogP contribution in [-0.2, 0) is 24.8 Å². The number of carbonyl (C=O) groups excluding carboxylic acids is 2. The maximum absolute atomic E-state index is 13.1. The zero-order chi connectivity index (χ0) is 17.4. The first-order valence-corrected chi connectivity index (χ1v) is 10.1. The molecule has 7 heteroatoms. The van der Waals surface area contributed by atoms with Gasteiger partial charge in [-0.15, -0.1) is 0 Å². The molecule has 0 radical (unpaired) electrons. The van der Waals surface area contributed by atoms with Crippen LogP contribution in [0.25, 0.3) is 0 Å². The van der Waals surface area contributed by atoms with Crippen LogP contribution in [0.4, 0.5) is 0 Å². The van der Waals surface area contributed by atoms with Crippen LogP contribution in [0.5, 0.6) is 0 Å². The highest BCUT2D eigenvalue weighted by molar-refractivity contribution is 7.90. The second-order valence-electron chi connectivity index (χ2n) is 6.62. The van der Waals surface area contributed by atoms with E-state index in [0.717, 1.165) is 24.8 Å². The number of nitrogens with zero attached hydrogens (tertiary/aromatic N) is 1. The van der Waals surface area contributed by atoms with Crippen molar-refractivity contribution in [1.82, 2.24) is 10.2 Å². The molecule has 24 heavy (non-hydrogen) atoms. The van der Waals surface area contributed by atoms with Crippen molar-refractivity contribution in [1.29, 1.82) is 0 Å². The molecule has 1 N–H and O–H groups in total. The molecule has 1 aliphatic heterocycles. The van der Waals surface area contributed by atoms with Crippen molar-refractivity contribution < 1.29 is 18.0 Å². The summed E-state index contributed by atoms with van der Waals surface area (Å²) in [5, 5.41) is 2.78. The van der Waals surface area contributed by atoms with E-state index in [-0.39, 0.29) is 16.7 Å². The molecule has 0 atom stereocenters. The van der Waals surface area contributed by atoms with E-state index in [1.165, 1.54) is 6.26 Å². The summed E-state index contributed by atoms with van der Waals surface area (Å²) < 4.78 is 23.2. The van der Waals surface area contributed by atoms with Gasteiger partial charge in [0.05, 0.1) is 10.3 Å². The molecule has 0 unspecified atom stereocenters. The molecule has 1 heterocycles. The van der Waals surface area contributed by atoms with Crippen LogP contribution in [0.2, 0.25) is 0 Å². The molecule has 1 saturated carbocycles. The summed E-state index contributed by atoms with van der Waals surface area (Å²) >= 11 is 0. The first-order valence-electron chi connectivity index (χ1n) is 8.20. The summed E-state index contributed by atoms with van der Waals surface area (Å²) in [5.74, 6) is 0.0304. The van der Waals surface area contributed by atoms with Crippen molar-refractivity contribution in [3.8, 4) is 0 Å². The number of hydrogen-bond acceptors (Lipinski definition) is 4. The normalized spacial score (nSPS) is 20.7. The molecule has 1 aromatic carbocycles. The van der Waals surface area contributed by atoms with E-state index in [9.17, 15) is 18.0 Å². The zero-order valence-corrected chi connectivity index (χ0v) is 14.6. The fraction of sp³-hybridized carbons (Fsp3) is 0.529. The lowest BCUT2D eigenvalue weighted by Gasteiger charge is -2.43. The molecule has 0 aromatic heterocycles. The van der Waals surface area contributed by atoms with Crippen molar-refractivity contribution in [3.63, 3.8) is 0 Å². The lowest BCUT2D eigenvalue weighted by molar-refractivity contribution is -0.140. The Labute approximate surface area is 142 Å². The quantitative estimate of drug-likeness (QED) is 0.876. The number of amides is 2. The van der Waals surface area contributed by atoms with Crippen LogP contribution < -0.4 is 5.32 Å². The van der Waals surface area contributed by atoms with Gasteiger partial charge in [-0.2, -0.15) is 0 Å². The zero-order valence-electron chi connectivity index (χ0n) is 13.7. The van der Waals surface area contributed by atoms with Crippen molar-refractivity contribution in [3.05, 3.63) is 29.8 Å². The maximum atomic E-state index is 13.1. The Hall–Kier alpha value is -1.89. The molecule has 3 rings (SSSR count). The predicted molar refractivity (Wildman–Crippen MR) is 89.3 cm³/mol. The van der Waals surface area contributed by atoms with Gasteiger partial charge in [-0.25, -0.2) is 8.42 Å². The summed E-state index contributed by atoms with van der Waals surface area (Å²) in [6.45, 7) is 1.44. The predicted octanol–water partition coefficient (Wildman–Crippen LogP) is 0.860. The van der Waals surface area contributed by atoms with Gasteiger partial charge in [0.15, 0.2) is 9.84 Å². The standard InChI is InChI=1S/C17H22N2O4S/c1-24(22,23)14-5-3-13(4-6-14)17(8-2-9-17)16(21)19-11-7-15(20)18-10-12-19/h3-6H,2,7-12H2,1H3,(H,18,20). The Morgan fingerprint density at radius 3 is 2.38 bits per heavy atom. The summed E-state index contributed by atoms with van der Waals surface area (Å²) in [7, 11) is -3.25. The van der Waals surface area contributed by atoms with E-state index in [4.69, 9.17) is 0 Å². The van der Waals surface area contributed by atoms with Crippen molar-refractivity contribution in [2.45, 2.75) is 36.0 Å². The van der Waals surface area contributed by atoms with Gasteiger partial charge in [0.2, 0.25) is 11.8 Å². The third-order valence-electron chi connectivity index (χ3n) is 5.05. The lowest BCUT2D eigenvalue weighted by Crippen LogP contribution is -2.51. The topological polar surface area (TPSA) is 83.6 Å². The van der Waals surface area contributed by atoms with Gasteiger partial charge in [0.1, 0.15) is 0 Å². The van der Waals surface area contributed by atoms with Crippen LogP contribution in [-0.4, -0.2) is 51.0 Å². The minimum absolute atomic E-state index is 0.0227. The van der Waals surface area contributed by atoms with Gasteiger partial charge < -0.3 is 10.2 Å². The number of carbonyl (C=O) groups is 2. The Kier molecular flexibility index (Phi) is 4.38. The van der Waals surface area contributed by atoms with E-state index in [2.05, 4.69) is 5.32 Å². The van der Waals surface area contributed by atoms with Crippen molar-refractivity contribution in [2.75, 3.05) is 25.9 Å². The largest absolute Gasteiger partial charge is 0.354 e. The van der Waals surface area contributed by atoms with E-state index in [1.54, 1.807) is 29.2 Å². The number of nitrogens with one attached hydrogen (secondary N) is 1. The summed E-state index contributed by atoms with van der Waals surface area (Å²) in [4.78, 5) is 26.6. The fourth-order valence-corrected chi connectivity index (χ4v) is 4.08. The smallest absolute Gasteiger partial charge is 0.233 e. The molecule has 1 aromatic rings. The van der Waals surface area contributed by atoms with Crippen LogP contribution >= 0.6 is 0 Å². The molecule has 2 fully saturated rings. The molecule has 130 valence electrons. The number of hydrogen-bond donors (Lipinski definition) is 1. The second kappa shape index (κ2) is 6.20. The van der Waals surface area contributed by atoms with Crippen molar-refractivity contribution in [2.24, 2.45) is 0 Å². The molecular weight excluding hydrogens is 328 g/mol. The monoisotopic (exact) mass is 350 g/mol. The molecule has 0 spiro atoms. The number of sulfone groups is 1. The molecule has 0 bridgehead atoms. The van der Waals surface area contributed by atoms with Crippen LogP contribution in [0.3, 0.4) is 0 Å². The van der Waals surface area contributed by atoms with E-state index >= 15 is 0 Å². The van der Waals surface area contributed by atoms with Gasteiger partial charge in [0.25, 0.3) is 0 Å². The lowest BCUT2D eigenvalue weighted by atomic mass is 9.63. The number of rotatable bonds is 3. The van der Waals surface area contributed by atoms with E-state index < -0.39 is 15.3 Å². The van der Waals surface area contributed by atoms with Crippen LogP contribution in [0.15, 0.2) is 29.2 Å². The minimum atomic E-state index is -3.25.